The van der Waals surface area contributed by atoms with Gasteiger partial charge in [-0.15, -0.1) is 0 Å². The van der Waals surface area contributed by atoms with Gasteiger partial charge in [-0.1, -0.05) is 19.1 Å². The Morgan fingerprint density at radius 3 is 2.33 bits per heavy atom. The number of esters is 1. The lowest BCUT2D eigenvalue weighted by Crippen LogP contribution is -2.28. The molecule has 0 aliphatic carbocycles. The van der Waals surface area contributed by atoms with E-state index in [1.54, 1.807) is 19.1 Å². The molecule has 1 aromatic carbocycles. The SMILES string of the molecule is CCCC(=O)[C@H](Cc1ccc([N+](=O)[O-])cc1)C(=O)OCC. The average Bonchev–Trinajstić information content (AvgIpc) is 2.45. The molecule has 0 saturated carbocycles. The van der Waals surface area contributed by atoms with Crippen molar-refractivity contribution in [1.29, 1.82) is 0 Å². The topological polar surface area (TPSA) is 86.5 Å². The van der Waals surface area contributed by atoms with Crippen LogP contribution in [0, 0.1) is 16.0 Å². The van der Waals surface area contributed by atoms with Gasteiger partial charge in [-0.2, -0.15) is 0 Å². The molecule has 1 aromatic rings. The molecule has 6 nitrogen and oxygen atoms in total. The zero-order valence-corrected chi connectivity index (χ0v) is 12.2. The molecule has 0 heterocycles. The van der Waals surface area contributed by atoms with E-state index >= 15 is 0 Å². The zero-order valence-electron chi connectivity index (χ0n) is 12.2. The van der Waals surface area contributed by atoms with E-state index in [9.17, 15) is 19.7 Å². The maximum atomic E-state index is 12.0. The Balaban J connectivity index is 2.86. The Bertz CT molecular complexity index is 491. The van der Waals surface area contributed by atoms with E-state index in [1.165, 1.54) is 12.1 Å². The molecule has 0 aliphatic heterocycles. The second-order valence-corrected chi connectivity index (χ2v) is 4.65. The second kappa shape index (κ2) is 8.14. The van der Waals surface area contributed by atoms with Gasteiger partial charge in [0.05, 0.1) is 11.5 Å². The number of nitro groups is 1. The van der Waals surface area contributed by atoms with Crippen LogP contribution in [0.3, 0.4) is 0 Å². The molecular formula is C15H19NO5. The Morgan fingerprint density at radius 2 is 1.86 bits per heavy atom. The molecule has 0 radical (unpaired) electrons. The Labute approximate surface area is 123 Å². The van der Waals surface area contributed by atoms with E-state index in [-0.39, 0.29) is 24.5 Å². The smallest absolute Gasteiger partial charge is 0.316 e. The molecule has 0 saturated heterocycles. The summed E-state index contributed by atoms with van der Waals surface area (Å²) >= 11 is 0. The van der Waals surface area contributed by atoms with E-state index < -0.39 is 16.8 Å². The highest BCUT2D eigenvalue weighted by Crippen LogP contribution is 2.18. The van der Waals surface area contributed by atoms with Crippen molar-refractivity contribution in [2.75, 3.05) is 6.61 Å². The third kappa shape index (κ3) is 4.98. The molecule has 114 valence electrons. The number of benzene rings is 1. The van der Waals surface area contributed by atoms with E-state index in [2.05, 4.69) is 0 Å². The summed E-state index contributed by atoms with van der Waals surface area (Å²) < 4.78 is 4.94. The van der Waals surface area contributed by atoms with Crippen molar-refractivity contribution in [2.45, 2.75) is 33.1 Å². The molecule has 0 fully saturated rings. The monoisotopic (exact) mass is 293 g/mol. The number of rotatable bonds is 8. The minimum Gasteiger partial charge on any atom is -0.465 e. The van der Waals surface area contributed by atoms with E-state index in [1.807, 2.05) is 6.92 Å². The third-order valence-corrected chi connectivity index (χ3v) is 3.04. The molecule has 0 bridgehead atoms. The van der Waals surface area contributed by atoms with Crippen LogP contribution in [0.4, 0.5) is 5.69 Å². The van der Waals surface area contributed by atoms with Crippen molar-refractivity contribution >= 4 is 17.4 Å². The number of carbonyl (C=O) groups excluding carboxylic acids is 2. The Hall–Kier alpha value is -2.24. The summed E-state index contributed by atoms with van der Waals surface area (Å²) in [5.41, 5.74) is 0.675. The van der Waals surface area contributed by atoms with Crippen LogP contribution in [0.1, 0.15) is 32.3 Å². The van der Waals surface area contributed by atoms with Crippen molar-refractivity contribution in [3.05, 3.63) is 39.9 Å². The summed E-state index contributed by atoms with van der Waals surface area (Å²) in [5, 5.41) is 10.6. The predicted molar refractivity (Wildman–Crippen MR) is 76.8 cm³/mol. The first-order valence-corrected chi connectivity index (χ1v) is 6.92. The number of nitro benzene ring substituents is 1. The van der Waals surface area contributed by atoms with Gasteiger partial charge >= 0.3 is 5.97 Å². The third-order valence-electron chi connectivity index (χ3n) is 3.04. The van der Waals surface area contributed by atoms with Crippen LogP contribution in [0.5, 0.6) is 0 Å². The summed E-state index contributed by atoms with van der Waals surface area (Å²) in [6.45, 7) is 3.77. The maximum Gasteiger partial charge on any atom is 0.316 e. The molecular weight excluding hydrogens is 274 g/mol. The number of hydrogen-bond donors (Lipinski definition) is 0. The second-order valence-electron chi connectivity index (χ2n) is 4.65. The van der Waals surface area contributed by atoms with Crippen LogP contribution < -0.4 is 0 Å². The number of hydrogen-bond acceptors (Lipinski definition) is 5. The highest BCUT2D eigenvalue weighted by molar-refractivity contribution is 5.99. The predicted octanol–water partition coefficient (Wildman–Crippen LogP) is 2.69. The normalized spacial score (nSPS) is 11.7. The van der Waals surface area contributed by atoms with Crippen molar-refractivity contribution in [1.82, 2.24) is 0 Å². The first-order chi connectivity index (χ1) is 9.99. The van der Waals surface area contributed by atoms with Gasteiger partial charge < -0.3 is 4.74 Å². The lowest BCUT2D eigenvalue weighted by atomic mass is 9.93. The molecule has 1 atom stereocenters. The van der Waals surface area contributed by atoms with Crippen LogP contribution in [-0.2, 0) is 20.7 Å². The van der Waals surface area contributed by atoms with Gasteiger partial charge in [-0.25, -0.2) is 0 Å². The van der Waals surface area contributed by atoms with Gasteiger partial charge in [0, 0.05) is 18.6 Å². The largest absolute Gasteiger partial charge is 0.465 e. The molecule has 0 aromatic heterocycles. The number of Topliss-reactive ketones (excluding diaryl/α,β-unsaturated/α-hetero) is 1. The van der Waals surface area contributed by atoms with Crippen molar-refractivity contribution < 1.29 is 19.2 Å². The van der Waals surface area contributed by atoms with Gasteiger partial charge in [-0.05, 0) is 25.3 Å². The molecule has 21 heavy (non-hydrogen) atoms. The maximum absolute atomic E-state index is 12.0. The fourth-order valence-corrected chi connectivity index (χ4v) is 1.98. The molecule has 0 amide bonds. The summed E-state index contributed by atoms with van der Waals surface area (Å²) in [6, 6.07) is 5.84. The Kier molecular flexibility index (Phi) is 6.52. The fraction of sp³-hybridized carbons (Fsp3) is 0.467. The van der Waals surface area contributed by atoms with Gasteiger partial charge in [0.15, 0.2) is 0 Å². The number of carbonyl (C=O) groups is 2. The highest BCUT2D eigenvalue weighted by atomic mass is 16.6. The minimum absolute atomic E-state index is 0.0219. The average molecular weight is 293 g/mol. The first kappa shape index (κ1) is 16.8. The van der Waals surface area contributed by atoms with Crippen LogP contribution in [0.2, 0.25) is 0 Å². The van der Waals surface area contributed by atoms with Crippen LogP contribution >= 0.6 is 0 Å². The highest BCUT2D eigenvalue weighted by Gasteiger charge is 2.27. The van der Waals surface area contributed by atoms with Gasteiger partial charge in [0.1, 0.15) is 11.7 Å². The van der Waals surface area contributed by atoms with Gasteiger partial charge in [0.25, 0.3) is 5.69 Å². The number of non-ortho nitro benzene ring substituents is 1. The van der Waals surface area contributed by atoms with E-state index in [0.717, 1.165) is 0 Å². The molecule has 6 heteroatoms. The minimum atomic E-state index is -0.841. The van der Waals surface area contributed by atoms with Crippen LogP contribution in [0.25, 0.3) is 0 Å². The number of ether oxygens (including phenoxy) is 1. The van der Waals surface area contributed by atoms with Crippen molar-refractivity contribution in [3.63, 3.8) is 0 Å². The fourth-order valence-electron chi connectivity index (χ4n) is 1.98. The van der Waals surface area contributed by atoms with Gasteiger partial charge in [-0.3, -0.25) is 19.7 Å². The lowest BCUT2D eigenvalue weighted by Gasteiger charge is -2.14. The van der Waals surface area contributed by atoms with Crippen molar-refractivity contribution in [3.8, 4) is 0 Å². The van der Waals surface area contributed by atoms with Crippen LogP contribution in [0.15, 0.2) is 24.3 Å². The number of ketones is 1. The molecule has 0 N–H and O–H groups in total. The summed E-state index contributed by atoms with van der Waals surface area (Å²) in [7, 11) is 0. The lowest BCUT2D eigenvalue weighted by molar-refractivity contribution is -0.384. The molecule has 0 unspecified atom stereocenters. The first-order valence-electron chi connectivity index (χ1n) is 6.92. The molecule has 1 rings (SSSR count). The number of nitrogens with zero attached hydrogens (tertiary/aromatic N) is 1. The zero-order chi connectivity index (χ0) is 15.8. The quantitative estimate of drug-likeness (QED) is 0.318. The summed E-state index contributed by atoms with van der Waals surface area (Å²) in [4.78, 5) is 34.0. The van der Waals surface area contributed by atoms with Gasteiger partial charge in [0.2, 0.25) is 0 Å². The van der Waals surface area contributed by atoms with Crippen LogP contribution in [-0.4, -0.2) is 23.3 Å². The summed E-state index contributed by atoms with van der Waals surface area (Å²) in [5.74, 6) is -1.53. The summed E-state index contributed by atoms with van der Waals surface area (Å²) in [6.07, 6.45) is 1.18. The van der Waals surface area contributed by atoms with E-state index in [4.69, 9.17) is 4.74 Å². The van der Waals surface area contributed by atoms with E-state index in [0.29, 0.717) is 18.4 Å². The molecule has 0 aliphatic rings. The van der Waals surface area contributed by atoms with Crippen molar-refractivity contribution in [2.24, 2.45) is 5.92 Å². The Morgan fingerprint density at radius 1 is 1.24 bits per heavy atom. The molecule has 0 spiro atoms. The standard InChI is InChI=1S/C15H19NO5/c1-3-5-14(17)13(15(18)21-4-2)10-11-6-8-12(9-7-11)16(19)20/h6-9,13H,3-5,10H2,1-2H3/t13-/m0/s1.